The van der Waals surface area contributed by atoms with Crippen molar-refractivity contribution in [3.05, 3.63) is 67.3 Å². The number of carbonyl (C=O) groups is 1. The number of aromatic nitrogens is 8. The Hall–Kier alpha value is -4.86. The monoisotopic (exact) mass is 531 g/mol. The highest BCUT2D eigenvalue weighted by Crippen LogP contribution is 2.32. The predicted molar refractivity (Wildman–Crippen MR) is 154 cm³/mol. The van der Waals surface area contributed by atoms with Gasteiger partial charge in [-0.3, -0.25) is 19.9 Å². The zero-order chi connectivity index (χ0) is 27.1. The molecule has 0 atom stereocenters. The number of carbonyl (C=O) groups excluding carboxylic acids is 1. The number of aryl methyl sites for hydroxylation is 1. The van der Waals surface area contributed by atoms with Gasteiger partial charge in [0, 0.05) is 41.3 Å². The molecule has 0 aliphatic heterocycles. The van der Waals surface area contributed by atoms with E-state index in [1.807, 2.05) is 35.9 Å². The number of amides is 1. The Morgan fingerprint density at radius 2 is 1.95 bits per heavy atom. The summed E-state index contributed by atoms with van der Waals surface area (Å²) in [5.74, 6) is 0.525. The van der Waals surface area contributed by atoms with Gasteiger partial charge >= 0.3 is 0 Å². The van der Waals surface area contributed by atoms with E-state index in [1.54, 1.807) is 31.1 Å². The molecule has 1 aliphatic carbocycles. The molecular formula is C30H29N9O. The van der Waals surface area contributed by atoms with Crippen molar-refractivity contribution in [2.45, 2.75) is 45.4 Å². The number of hydrogen-bond acceptors (Lipinski definition) is 6. The van der Waals surface area contributed by atoms with Crippen LogP contribution in [0.15, 0.2) is 61.6 Å². The number of pyridine rings is 3. The topological polar surface area (TPSA) is 130 Å². The summed E-state index contributed by atoms with van der Waals surface area (Å²) in [6.07, 6.45) is 17.4. The average Bonchev–Trinajstić information content (AvgIpc) is 3.71. The average molecular weight is 532 g/mol. The van der Waals surface area contributed by atoms with E-state index in [4.69, 9.17) is 0 Å². The van der Waals surface area contributed by atoms with Gasteiger partial charge in [0.2, 0.25) is 5.91 Å². The fourth-order valence-electron chi connectivity index (χ4n) is 5.71. The second-order valence-electron chi connectivity index (χ2n) is 10.6. The van der Waals surface area contributed by atoms with E-state index in [1.165, 1.54) is 19.3 Å². The highest BCUT2D eigenvalue weighted by atomic mass is 16.1. The molecule has 10 nitrogen and oxygen atoms in total. The Morgan fingerprint density at radius 1 is 1.05 bits per heavy atom. The first-order valence-corrected chi connectivity index (χ1v) is 13.7. The maximum atomic E-state index is 12.7. The molecule has 0 radical (unpaired) electrons. The Morgan fingerprint density at radius 3 is 2.80 bits per heavy atom. The van der Waals surface area contributed by atoms with Gasteiger partial charge in [-0.1, -0.05) is 19.3 Å². The number of H-pyrrole nitrogens is 2. The zero-order valence-electron chi connectivity index (χ0n) is 22.2. The van der Waals surface area contributed by atoms with Gasteiger partial charge in [-0.25, -0.2) is 9.97 Å². The first kappa shape index (κ1) is 24.2. The molecule has 10 heteroatoms. The van der Waals surface area contributed by atoms with Crippen LogP contribution in [-0.2, 0) is 4.79 Å². The third kappa shape index (κ3) is 4.61. The lowest BCUT2D eigenvalue weighted by Gasteiger charge is -2.20. The van der Waals surface area contributed by atoms with Crippen molar-refractivity contribution < 1.29 is 4.79 Å². The first-order valence-electron chi connectivity index (χ1n) is 13.7. The van der Waals surface area contributed by atoms with Crippen LogP contribution in [0, 0.1) is 12.8 Å². The molecule has 6 aromatic heterocycles. The van der Waals surface area contributed by atoms with Gasteiger partial charge in [-0.2, -0.15) is 5.10 Å². The highest BCUT2D eigenvalue weighted by Gasteiger charge is 2.18. The lowest BCUT2D eigenvalue weighted by Crippen LogP contribution is -2.18. The van der Waals surface area contributed by atoms with Crippen molar-refractivity contribution in [3.63, 3.8) is 0 Å². The molecule has 6 aromatic rings. The molecule has 3 N–H and O–H groups in total. The Labute approximate surface area is 230 Å². The first-order chi connectivity index (χ1) is 19.6. The molecule has 1 fully saturated rings. The largest absolute Gasteiger partial charge is 0.338 e. The Bertz CT molecular complexity index is 1840. The van der Waals surface area contributed by atoms with E-state index in [-0.39, 0.29) is 5.91 Å². The van der Waals surface area contributed by atoms with Crippen LogP contribution in [0.2, 0.25) is 0 Å². The molecule has 1 aliphatic rings. The number of nitrogens with one attached hydrogen (secondary N) is 3. The molecule has 0 bridgehead atoms. The summed E-state index contributed by atoms with van der Waals surface area (Å²) >= 11 is 0. The molecule has 0 aromatic carbocycles. The van der Waals surface area contributed by atoms with Crippen LogP contribution in [0.1, 0.15) is 44.2 Å². The SMILES string of the molecule is Cc1cn(-c2ccnc3[nH]c(-c4n[nH]c5cnc(-c6cncc(NC(=O)CC7CCCCC7)c6)cc45)cc23)cn1. The minimum atomic E-state index is 0.0454. The summed E-state index contributed by atoms with van der Waals surface area (Å²) in [5.41, 5.74) is 7.38. The zero-order valence-corrected chi connectivity index (χ0v) is 22.2. The molecule has 200 valence electrons. The maximum absolute atomic E-state index is 12.7. The molecule has 0 unspecified atom stereocenters. The van der Waals surface area contributed by atoms with Crippen LogP contribution < -0.4 is 5.32 Å². The van der Waals surface area contributed by atoms with E-state index >= 15 is 0 Å². The van der Waals surface area contributed by atoms with Gasteiger partial charge in [0.05, 0.1) is 52.7 Å². The molecule has 7 rings (SSSR count). The van der Waals surface area contributed by atoms with Crippen molar-refractivity contribution in [2.75, 3.05) is 5.32 Å². The summed E-state index contributed by atoms with van der Waals surface area (Å²) in [5, 5.41) is 12.6. The smallest absolute Gasteiger partial charge is 0.224 e. The number of hydrogen-bond donors (Lipinski definition) is 3. The Balaban J connectivity index is 1.19. The fraction of sp³-hybridized carbons (Fsp3) is 0.267. The lowest BCUT2D eigenvalue weighted by molar-refractivity contribution is -0.117. The van der Waals surface area contributed by atoms with Gasteiger partial charge in [0.25, 0.3) is 0 Å². The number of imidazole rings is 1. The van der Waals surface area contributed by atoms with Gasteiger partial charge in [-0.15, -0.1) is 0 Å². The molecule has 0 spiro atoms. The number of nitrogens with zero attached hydrogens (tertiary/aromatic N) is 6. The van der Waals surface area contributed by atoms with E-state index in [2.05, 4.69) is 46.5 Å². The van der Waals surface area contributed by atoms with E-state index in [0.717, 1.165) is 68.8 Å². The maximum Gasteiger partial charge on any atom is 0.224 e. The summed E-state index contributed by atoms with van der Waals surface area (Å²) in [7, 11) is 0. The van der Waals surface area contributed by atoms with Crippen molar-refractivity contribution in [2.24, 2.45) is 5.92 Å². The minimum Gasteiger partial charge on any atom is -0.338 e. The molecule has 40 heavy (non-hydrogen) atoms. The molecule has 6 heterocycles. The summed E-state index contributed by atoms with van der Waals surface area (Å²) < 4.78 is 2.00. The highest BCUT2D eigenvalue weighted by molar-refractivity contribution is 5.98. The second kappa shape index (κ2) is 10.0. The quantitative estimate of drug-likeness (QED) is 0.243. The standard InChI is InChI=1S/C30H29N9O/c1-18-16-39(17-34-18)27-7-8-32-30-23(27)12-25(36-30)29-22-11-24(33-15-26(22)37-38-29)20-10-21(14-31-13-20)35-28(40)9-19-5-3-2-4-6-19/h7-8,10-17,19H,2-6,9H2,1H3,(H,32,36)(H,35,40)(H,37,38). The summed E-state index contributed by atoms with van der Waals surface area (Å²) in [6, 6.07) is 7.95. The van der Waals surface area contributed by atoms with Crippen LogP contribution in [0.5, 0.6) is 0 Å². The van der Waals surface area contributed by atoms with Crippen LogP contribution >= 0.6 is 0 Å². The lowest BCUT2D eigenvalue weighted by atomic mass is 9.87. The van der Waals surface area contributed by atoms with Crippen LogP contribution in [0.4, 0.5) is 5.69 Å². The number of aromatic amines is 2. The third-order valence-electron chi connectivity index (χ3n) is 7.72. The molecular weight excluding hydrogens is 502 g/mol. The van der Waals surface area contributed by atoms with E-state index in [9.17, 15) is 4.79 Å². The third-order valence-corrected chi connectivity index (χ3v) is 7.72. The van der Waals surface area contributed by atoms with Gasteiger partial charge < -0.3 is 14.9 Å². The Kier molecular flexibility index (Phi) is 6.07. The van der Waals surface area contributed by atoms with Gasteiger partial charge in [0.15, 0.2) is 0 Å². The van der Waals surface area contributed by atoms with Gasteiger partial charge in [-0.05, 0) is 49.9 Å². The normalized spacial score (nSPS) is 14.2. The molecule has 0 saturated heterocycles. The van der Waals surface area contributed by atoms with Crippen LogP contribution in [0.25, 0.3) is 50.3 Å². The van der Waals surface area contributed by atoms with Crippen molar-refractivity contribution >= 4 is 33.5 Å². The molecule has 1 saturated carbocycles. The summed E-state index contributed by atoms with van der Waals surface area (Å²) in [6.45, 7) is 1.97. The predicted octanol–water partition coefficient (Wildman–Crippen LogP) is 5.97. The second-order valence-corrected chi connectivity index (χ2v) is 10.6. The van der Waals surface area contributed by atoms with Gasteiger partial charge in [0.1, 0.15) is 11.3 Å². The van der Waals surface area contributed by atoms with Crippen molar-refractivity contribution in [3.8, 4) is 28.3 Å². The van der Waals surface area contributed by atoms with E-state index < -0.39 is 0 Å². The number of rotatable bonds is 6. The fourth-order valence-corrected chi connectivity index (χ4v) is 5.71. The van der Waals surface area contributed by atoms with Crippen LogP contribution in [0.3, 0.4) is 0 Å². The molecule has 1 amide bonds. The van der Waals surface area contributed by atoms with E-state index in [0.29, 0.717) is 18.0 Å². The van der Waals surface area contributed by atoms with Crippen molar-refractivity contribution in [1.29, 1.82) is 0 Å². The van der Waals surface area contributed by atoms with Crippen molar-refractivity contribution in [1.82, 2.24) is 39.7 Å². The number of fused-ring (bicyclic) bond motifs is 2. The summed E-state index contributed by atoms with van der Waals surface area (Å²) in [4.78, 5) is 34.0. The number of anilines is 1. The minimum absolute atomic E-state index is 0.0454. The van der Waals surface area contributed by atoms with Crippen LogP contribution in [-0.4, -0.2) is 45.6 Å².